The molecule has 5 rings (SSSR count). The van der Waals surface area contributed by atoms with Crippen LogP contribution in [-0.2, 0) is 6.54 Å². The molecule has 0 unspecified atom stereocenters. The summed E-state index contributed by atoms with van der Waals surface area (Å²) >= 11 is 5.98. The van der Waals surface area contributed by atoms with Crippen LogP contribution in [0.3, 0.4) is 0 Å². The molecule has 4 heteroatoms. The molecule has 3 nitrogen and oxygen atoms in total. The third-order valence-corrected chi connectivity index (χ3v) is 5.92. The van der Waals surface area contributed by atoms with Gasteiger partial charge in [-0.05, 0) is 67.3 Å². The summed E-state index contributed by atoms with van der Waals surface area (Å²) in [4.78, 5) is 4.69. The van der Waals surface area contributed by atoms with Crippen molar-refractivity contribution >= 4 is 22.5 Å². The molecule has 2 aromatic carbocycles. The van der Waals surface area contributed by atoms with Gasteiger partial charge in [0.05, 0.1) is 5.69 Å². The molecule has 0 saturated heterocycles. The van der Waals surface area contributed by atoms with Crippen molar-refractivity contribution in [3.63, 3.8) is 0 Å². The number of halogens is 1. The molecular formula is C25H24ClN3. The zero-order valence-electron chi connectivity index (χ0n) is 16.3. The minimum Gasteiger partial charge on any atom is -0.346 e. The Balaban J connectivity index is 1.31. The largest absolute Gasteiger partial charge is 0.346 e. The molecule has 2 heterocycles. The lowest BCUT2D eigenvalue weighted by Crippen LogP contribution is -2.21. The van der Waals surface area contributed by atoms with Gasteiger partial charge >= 0.3 is 0 Å². The zero-order chi connectivity index (χ0) is 19.6. The summed E-state index contributed by atoms with van der Waals surface area (Å²) in [5.74, 6) is 0.928. The highest BCUT2D eigenvalue weighted by molar-refractivity contribution is 6.30. The van der Waals surface area contributed by atoms with E-state index in [1.54, 1.807) is 0 Å². The van der Waals surface area contributed by atoms with Gasteiger partial charge in [0.2, 0.25) is 0 Å². The lowest BCUT2D eigenvalue weighted by Gasteiger charge is -2.08. The van der Waals surface area contributed by atoms with Crippen molar-refractivity contribution < 1.29 is 0 Å². The zero-order valence-corrected chi connectivity index (χ0v) is 17.1. The highest BCUT2D eigenvalue weighted by Gasteiger charge is 2.19. The molecule has 1 N–H and O–H groups in total. The van der Waals surface area contributed by atoms with Gasteiger partial charge in [-0.2, -0.15) is 0 Å². The topological polar surface area (TPSA) is 29.9 Å². The Bertz CT molecular complexity index is 1110. The summed E-state index contributed by atoms with van der Waals surface area (Å²) < 4.78 is 2.33. The molecular weight excluding hydrogens is 378 g/mol. The van der Waals surface area contributed by atoms with Crippen molar-refractivity contribution in [3.8, 4) is 22.4 Å². The second kappa shape index (κ2) is 8.02. The van der Waals surface area contributed by atoms with Crippen LogP contribution in [0.5, 0.6) is 0 Å². The molecule has 1 aliphatic rings. The highest BCUT2D eigenvalue weighted by atomic mass is 35.5. The monoisotopic (exact) mass is 401 g/mol. The van der Waals surface area contributed by atoms with Crippen LogP contribution in [-0.4, -0.2) is 22.6 Å². The summed E-state index contributed by atoms with van der Waals surface area (Å²) in [6, 6.07) is 20.9. The first-order valence-corrected chi connectivity index (χ1v) is 10.7. The lowest BCUT2D eigenvalue weighted by atomic mass is 10.1. The van der Waals surface area contributed by atoms with Gasteiger partial charge in [-0.25, -0.2) is 0 Å². The number of fused-ring (bicyclic) bond motifs is 1. The minimum absolute atomic E-state index is 0.747. The van der Waals surface area contributed by atoms with Crippen molar-refractivity contribution in [2.24, 2.45) is 5.92 Å². The van der Waals surface area contributed by atoms with Gasteiger partial charge in [-0.3, -0.25) is 4.98 Å². The SMILES string of the molecule is Clc1ccc(-c2ccc(-c3ccc4c(ccn4CCNCC4CC4)c3)nc2)cc1. The summed E-state index contributed by atoms with van der Waals surface area (Å²) in [6.07, 6.45) is 6.91. The predicted molar refractivity (Wildman–Crippen MR) is 121 cm³/mol. The van der Waals surface area contributed by atoms with E-state index in [1.165, 1.54) is 30.3 Å². The quantitative estimate of drug-likeness (QED) is 0.383. The van der Waals surface area contributed by atoms with Crippen molar-refractivity contribution in [1.29, 1.82) is 0 Å². The molecule has 0 spiro atoms. The molecule has 0 amide bonds. The van der Waals surface area contributed by atoms with E-state index in [2.05, 4.69) is 52.5 Å². The van der Waals surface area contributed by atoms with Crippen LogP contribution < -0.4 is 5.32 Å². The summed E-state index contributed by atoms with van der Waals surface area (Å²) in [5, 5.41) is 5.58. The molecule has 4 aromatic rings. The van der Waals surface area contributed by atoms with Crippen LogP contribution in [0, 0.1) is 5.92 Å². The fourth-order valence-electron chi connectivity index (χ4n) is 3.76. The summed E-state index contributed by atoms with van der Waals surface area (Å²) in [7, 11) is 0. The molecule has 29 heavy (non-hydrogen) atoms. The molecule has 0 atom stereocenters. The Morgan fingerprint density at radius 3 is 2.48 bits per heavy atom. The molecule has 0 radical (unpaired) electrons. The van der Waals surface area contributed by atoms with Crippen LogP contribution in [0.4, 0.5) is 0 Å². The van der Waals surface area contributed by atoms with Crippen LogP contribution in [0.2, 0.25) is 5.02 Å². The first kappa shape index (κ1) is 18.4. The van der Waals surface area contributed by atoms with Gasteiger partial charge in [0.15, 0.2) is 0 Å². The molecule has 1 saturated carbocycles. The van der Waals surface area contributed by atoms with E-state index < -0.39 is 0 Å². The van der Waals surface area contributed by atoms with E-state index in [-0.39, 0.29) is 0 Å². The molecule has 146 valence electrons. The Morgan fingerprint density at radius 2 is 1.72 bits per heavy atom. The molecule has 1 aliphatic carbocycles. The summed E-state index contributed by atoms with van der Waals surface area (Å²) in [5.41, 5.74) is 5.63. The average Bonchev–Trinajstić information content (AvgIpc) is 3.50. The van der Waals surface area contributed by atoms with Crippen molar-refractivity contribution in [3.05, 3.63) is 78.1 Å². The van der Waals surface area contributed by atoms with E-state index in [4.69, 9.17) is 16.6 Å². The van der Waals surface area contributed by atoms with Crippen LogP contribution in [0.15, 0.2) is 73.1 Å². The van der Waals surface area contributed by atoms with E-state index in [0.717, 1.165) is 46.4 Å². The first-order chi connectivity index (χ1) is 14.3. The van der Waals surface area contributed by atoms with E-state index in [0.29, 0.717) is 0 Å². The predicted octanol–water partition coefficient (Wildman–Crippen LogP) is 6.02. The fraction of sp³-hybridized carbons (Fsp3) is 0.240. The van der Waals surface area contributed by atoms with Crippen LogP contribution in [0.25, 0.3) is 33.3 Å². The normalized spacial score (nSPS) is 13.8. The van der Waals surface area contributed by atoms with Crippen LogP contribution in [0.1, 0.15) is 12.8 Å². The van der Waals surface area contributed by atoms with E-state index in [1.807, 2.05) is 30.5 Å². The van der Waals surface area contributed by atoms with E-state index in [9.17, 15) is 0 Å². The maximum atomic E-state index is 5.98. The number of hydrogen-bond donors (Lipinski definition) is 1. The van der Waals surface area contributed by atoms with Gasteiger partial charge < -0.3 is 9.88 Å². The van der Waals surface area contributed by atoms with Gasteiger partial charge in [0, 0.05) is 52.5 Å². The second-order valence-electron chi connectivity index (χ2n) is 7.87. The number of benzene rings is 2. The second-order valence-corrected chi connectivity index (χ2v) is 8.31. The third-order valence-electron chi connectivity index (χ3n) is 5.67. The number of nitrogens with zero attached hydrogens (tertiary/aromatic N) is 2. The van der Waals surface area contributed by atoms with Crippen molar-refractivity contribution in [2.75, 3.05) is 13.1 Å². The molecule has 0 bridgehead atoms. The van der Waals surface area contributed by atoms with Gasteiger partial charge in [0.25, 0.3) is 0 Å². The smallest absolute Gasteiger partial charge is 0.0702 e. The molecule has 2 aromatic heterocycles. The first-order valence-electron chi connectivity index (χ1n) is 10.3. The Kier molecular flexibility index (Phi) is 5.09. The van der Waals surface area contributed by atoms with Gasteiger partial charge in [0.1, 0.15) is 0 Å². The van der Waals surface area contributed by atoms with Crippen molar-refractivity contribution in [2.45, 2.75) is 19.4 Å². The summed E-state index contributed by atoms with van der Waals surface area (Å²) in [6.45, 7) is 3.19. The van der Waals surface area contributed by atoms with Crippen molar-refractivity contribution in [1.82, 2.24) is 14.9 Å². The Hall–Kier alpha value is -2.62. The van der Waals surface area contributed by atoms with Gasteiger partial charge in [-0.1, -0.05) is 35.9 Å². The number of hydrogen-bond acceptors (Lipinski definition) is 2. The molecule has 0 aliphatic heterocycles. The number of nitrogens with one attached hydrogen (secondary N) is 1. The Labute approximate surface area is 176 Å². The number of rotatable bonds is 7. The number of pyridine rings is 1. The standard InChI is InChI=1S/C25H24ClN3/c26-23-7-3-19(4-8-23)22-5-9-24(28-17-22)20-6-10-25-21(15-20)11-13-29(25)14-12-27-16-18-1-2-18/h3-11,13,15,17-18,27H,1-2,12,14,16H2. The minimum atomic E-state index is 0.747. The highest BCUT2D eigenvalue weighted by Crippen LogP contribution is 2.28. The van der Waals surface area contributed by atoms with E-state index >= 15 is 0 Å². The average molecular weight is 402 g/mol. The fourth-order valence-corrected chi connectivity index (χ4v) is 3.89. The third kappa shape index (κ3) is 4.21. The lowest BCUT2D eigenvalue weighted by molar-refractivity contribution is 0.584. The van der Waals surface area contributed by atoms with Gasteiger partial charge in [-0.15, -0.1) is 0 Å². The Morgan fingerprint density at radius 1 is 0.931 bits per heavy atom. The maximum Gasteiger partial charge on any atom is 0.0702 e. The maximum absolute atomic E-state index is 5.98. The number of aromatic nitrogens is 2. The van der Waals surface area contributed by atoms with Crippen LogP contribution >= 0.6 is 11.6 Å². The molecule has 1 fully saturated rings.